The third-order valence-electron chi connectivity index (χ3n) is 3.84. The molecule has 1 N–H and O–H groups in total. The molecule has 0 saturated heterocycles. The maximum atomic E-state index is 12.6. The Balaban J connectivity index is 1.74. The summed E-state index contributed by atoms with van der Waals surface area (Å²) in [4.78, 5) is 15.6. The van der Waals surface area contributed by atoms with E-state index in [1.54, 1.807) is 24.4 Å². The number of hydrogen-bond donors (Lipinski definition) is 1. The first-order valence-electron chi connectivity index (χ1n) is 8.31. The quantitative estimate of drug-likeness (QED) is 0.580. The highest BCUT2D eigenvalue weighted by molar-refractivity contribution is 7.92. The van der Waals surface area contributed by atoms with Crippen molar-refractivity contribution in [1.29, 1.82) is 0 Å². The second kappa shape index (κ2) is 8.41. The van der Waals surface area contributed by atoms with Gasteiger partial charge in [-0.2, -0.15) is 0 Å². The molecule has 0 spiro atoms. The number of carbonyl (C=O) groups excluding carboxylic acids is 1. The van der Waals surface area contributed by atoms with Gasteiger partial charge < -0.3 is 4.74 Å². The third-order valence-corrected chi connectivity index (χ3v) is 5.51. The first kappa shape index (κ1) is 19.9. The normalized spacial score (nSPS) is 11.1. The number of hydrogen-bond acceptors (Lipinski definition) is 5. The Labute approximate surface area is 168 Å². The van der Waals surface area contributed by atoms with Gasteiger partial charge in [0.05, 0.1) is 21.3 Å². The summed E-state index contributed by atoms with van der Waals surface area (Å²) in [7, 11) is -3.87. The molecule has 3 rings (SSSR count). The summed E-state index contributed by atoms with van der Waals surface area (Å²) < 4.78 is 33.2. The summed E-state index contributed by atoms with van der Waals surface area (Å²) >= 11 is 6.21. The smallest absolute Gasteiger partial charge is 0.261 e. The molecule has 8 heteroatoms. The van der Waals surface area contributed by atoms with Crippen LogP contribution in [-0.2, 0) is 16.6 Å². The molecule has 0 saturated carbocycles. The van der Waals surface area contributed by atoms with Gasteiger partial charge in [0.1, 0.15) is 12.4 Å². The van der Waals surface area contributed by atoms with Crippen molar-refractivity contribution in [2.45, 2.75) is 18.4 Å². The lowest BCUT2D eigenvalue weighted by atomic mass is 10.2. The second-order valence-electron chi connectivity index (χ2n) is 5.94. The molecule has 0 aliphatic heterocycles. The second-order valence-corrected chi connectivity index (χ2v) is 8.03. The summed E-state index contributed by atoms with van der Waals surface area (Å²) in [5, 5.41) is 0.258. The summed E-state index contributed by atoms with van der Waals surface area (Å²) in [6.45, 7) is 1.62. The van der Waals surface area contributed by atoms with Crippen LogP contribution in [0.25, 0.3) is 0 Å². The number of benzene rings is 2. The largest absolute Gasteiger partial charge is 0.486 e. The van der Waals surface area contributed by atoms with Crippen LogP contribution >= 0.6 is 11.6 Å². The van der Waals surface area contributed by atoms with Crippen molar-refractivity contribution < 1.29 is 17.9 Å². The number of rotatable bonds is 7. The number of nitrogens with zero attached hydrogens (tertiary/aromatic N) is 1. The summed E-state index contributed by atoms with van der Waals surface area (Å²) in [5.41, 5.74) is 1.34. The number of sulfonamides is 1. The number of aromatic nitrogens is 1. The van der Waals surface area contributed by atoms with Crippen LogP contribution in [0.1, 0.15) is 23.0 Å². The average molecular weight is 417 g/mol. The molecule has 0 unspecified atom stereocenters. The number of nitrogens with one attached hydrogen (secondary N) is 1. The van der Waals surface area contributed by atoms with E-state index in [1.807, 2.05) is 18.2 Å². The van der Waals surface area contributed by atoms with Crippen molar-refractivity contribution in [3.8, 4) is 5.75 Å². The Bertz CT molecular complexity index is 1100. The number of halogens is 1. The summed E-state index contributed by atoms with van der Waals surface area (Å²) in [6, 6.07) is 15.9. The fraction of sp³-hybridized carbons (Fsp3) is 0.100. The minimum absolute atomic E-state index is 0.00759. The molecule has 6 nitrogen and oxygen atoms in total. The highest BCUT2D eigenvalue weighted by Crippen LogP contribution is 2.29. The average Bonchev–Trinajstić information content (AvgIpc) is 2.68. The lowest BCUT2D eigenvalue weighted by Gasteiger charge is -2.12. The molecular formula is C20H17ClN2O4S. The Morgan fingerprint density at radius 3 is 2.61 bits per heavy atom. The van der Waals surface area contributed by atoms with Crippen LogP contribution in [0.3, 0.4) is 0 Å². The highest BCUT2D eigenvalue weighted by atomic mass is 35.5. The van der Waals surface area contributed by atoms with E-state index in [9.17, 15) is 13.2 Å². The van der Waals surface area contributed by atoms with Crippen LogP contribution in [0.4, 0.5) is 5.69 Å². The lowest BCUT2D eigenvalue weighted by molar-refractivity contribution is 0.101. The van der Waals surface area contributed by atoms with E-state index in [-0.39, 0.29) is 28.0 Å². The Morgan fingerprint density at radius 1 is 1.11 bits per heavy atom. The molecule has 144 valence electrons. The Kier molecular flexibility index (Phi) is 5.96. The molecule has 1 aromatic heterocycles. The van der Waals surface area contributed by atoms with Crippen LogP contribution in [0.15, 0.2) is 71.8 Å². The number of carbonyl (C=O) groups is 1. The van der Waals surface area contributed by atoms with Crippen molar-refractivity contribution in [2.75, 3.05) is 4.72 Å². The third kappa shape index (κ3) is 4.88. The van der Waals surface area contributed by atoms with E-state index < -0.39 is 10.0 Å². The molecule has 0 aliphatic rings. The van der Waals surface area contributed by atoms with E-state index in [0.717, 1.165) is 5.69 Å². The van der Waals surface area contributed by atoms with Gasteiger partial charge in [-0.25, -0.2) is 8.42 Å². The minimum Gasteiger partial charge on any atom is -0.486 e. The van der Waals surface area contributed by atoms with Crippen LogP contribution in [-0.4, -0.2) is 19.2 Å². The SMILES string of the molecule is CC(=O)c1cccc(S(=O)(=O)Nc2ccc(OCc3ccccn3)c(Cl)c2)c1. The molecule has 0 aliphatic carbocycles. The van der Waals surface area contributed by atoms with Gasteiger partial charge in [-0.1, -0.05) is 29.8 Å². The number of ketones is 1. The van der Waals surface area contributed by atoms with Gasteiger partial charge in [-0.15, -0.1) is 0 Å². The first-order valence-corrected chi connectivity index (χ1v) is 10.2. The molecule has 0 amide bonds. The van der Waals surface area contributed by atoms with E-state index in [4.69, 9.17) is 16.3 Å². The van der Waals surface area contributed by atoms with Gasteiger partial charge in [0.15, 0.2) is 5.78 Å². The van der Waals surface area contributed by atoms with Crippen molar-refractivity contribution >= 4 is 33.1 Å². The van der Waals surface area contributed by atoms with E-state index in [0.29, 0.717) is 11.3 Å². The molecular weight excluding hydrogens is 400 g/mol. The predicted octanol–water partition coefficient (Wildman–Crippen LogP) is 4.32. The standard InChI is InChI=1S/C20H17ClN2O4S/c1-14(24)15-5-4-7-18(11-15)28(25,26)23-16-8-9-20(19(21)12-16)27-13-17-6-2-3-10-22-17/h2-12,23H,13H2,1H3. The molecule has 0 fully saturated rings. The Morgan fingerprint density at radius 2 is 1.93 bits per heavy atom. The van der Waals surface area contributed by atoms with Crippen molar-refractivity contribution in [1.82, 2.24) is 4.98 Å². The number of Topliss-reactive ketones (excluding diaryl/α,β-unsaturated/α-hetero) is 1. The predicted molar refractivity (Wildman–Crippen MR) is 107 cm³/mol. The lowest BCUT2D eigenvalue weighted by Crippen LogP contribution is -2.13. The van der Waals surface area contributed by atoms with Gasteiger partial charge in [0.2, 0.25) is 0 Å². The van der Waals surface area contributed by atoms with Crippen molar-refractivity contribution in [3.63, 3.8) is 0 Å². The molecule has 3 aromatic rings. The molecule has 2 aromatic carbocycles. The van der Waals surface area contributed by atoms with E-state index >= 15 is 0 Å². The van der Waals surface area contributed by atoms with Crippen LogP contribution in [0, 0.1) is 0 Å². The summed E-state index contributed by atoms with van der Waals surface area (Å²) in [5.74, 6) is 0.198. The maximum Gasteiger partial charge on any atom is 0.261 e. The van der Waals surface area contributed by atoms with Gasteiger partial charge in [0, 0.05) is 11.8 Å². The molecule has 28 heavy (non-hydrogen) atoms. The van der Waals surface area contributed by atoms with Crippen molar-refractivity contribution in [3.05, 3.63) is 83.1 Å². The first-order chi connectivity index (χ1) is 13.3. The fourth-order valence-electron chi connectivity index (χ4n) is 2.41. The maximum absolute atomic E-state index is 12.6. The molecule has 1 heterocycles. The van der Waals surface area contributed by atoms with E-state index in [2.05, 4.69) is 9.71 Å². The molecule has 0 bridgehead atoms. The molecule has 0 radical (unpaired) electrons. The van der Waals surface area contributed by atoms with Crippen molar-refractivity contribution in [2.24, 2.45) is 0 Å². The fourth-order valence-corrected chi connectivity index (χ4v) is 3.74. The molecule has 0 atom stereocenters. The minimum atomic E-state index is -3.87. The number of anilines is 1. The zero-order chi connectivity index (χ0) is 20.1. The zero-order valence-corrected chi connectivity index (χ0v) is 16.5. The van der Waals surface area contributed by atoms with E-state index in [1.165, 1.54) is 31.2 Å². The van der Waals surface area contributed by atoms with Gasteiger partial charge >= 0.3 is 0 Å². The topological polar surface area (TPSA) is 85.4 Å². The zero-order valence-electron chi connectivity index (χ0n) is 14.9. The number of ether oxygens (including phenoxy) is 1. The van der Waals surface area contributed by atoms with Gasteiger partial charge in [-0.05, 0) is 49.4 Å². The van der Waals surface area contributed by atoms with Gasteiger partial charge in [0.25, 0.3) is 10.0 Å². The van der Waals surface area contributed by atoms with Crippen LogP contribution < -0.4 is 9.46 Å². The van der Waals surface area contributed by atoms with Crippen LogP contribution in [0.5, 0.6) is 5.75 Å². The van der Waals surface area contributed by atoms with Crippen LogP contribution in [0.2, 0.25) is 5.02 Å². The summed E-state index contributed by atoms with van der Waals surface area (Å²) in [6.07, 6.45) is 1.67. The highest BCUT2D eigenvalue weighted by Gasteiger charge is 2.16. The number of pyridine rings is 1. The van der Waals surface area contributed by atoms with Gasteiger partial charge in [-0.3, -0.25) is 14.5 Å². The monoisotopic (exact) mass is 416 g/mol. The Hall–Kier alpha value is -2.90.